The van der Waals surface area contributed by atoms with Crippen molar-refractivity contribution in [1.29, 1.82) is 0 Å². The van der Waals surface area contributed by atoms with Gasteiger partial charge in [-0.3, -0.25) is 9.59 Å². The molecule has 2 aliphatic rings. The van der Waals surface area contributed by atoms with Gasteiger partial charge in [-0.1, -0.05) is 48.0 Å². The normalized spacial score (nSPS) is 20.0. The van der Waals surface area contributed by atoms with Gasteiger partial charge in [0.25, 0.3) is 5.91 Å². The van der Waals surface area contributed by atoms with Crippen LogP contribution in [0.1, 0.15) is 33.0 Å². The van der Waals surface area contributed by atoms with E-state index in [1.54, 1.807) is 4.90 Å². The summed E-state index contributed by atoms with van der Waals surface area (Å²) in [7, 11) is 0. The molecule has 6 heteroatoms. The van der Waals surface area contributed by atoms with E-state index in [0.29, 0.717) is 31.7 Å². The molecule has 2 saturated heterocycles. The number of carbonyl (C=O) groups excluding carboxylic acids is 2. The highest BCUT2D eigenvalue weighted by molar-refractivity contribution is 5.95. The van der Waals surface area contributed by atoms with Gasteiger partial charge >= 0.3 is 0 Å². The van der Waals surface area contributed by atoms with Crippen molar-refractivity contribution >= 4 is 17.5 Å². The molecule has 0 radical (unpaired) electrons. The molecule has 0 spiro atoms. The van der Waals surface area contributed by atoms with Gasteiger partial charge in [0, 0.05) is 56.4 Å². The van der Waals surface area contributed by atoms with Crippen LogP contribution in [0.3, 0.4) is 0 Å². The molecule has 3 aromatic rings. The Balaban J connectivity index is 1.34. The molecule has 3 aromatic carbocycles. The zero-order valence-electron chi connectivity index (χ0n) is 20.9. The molecule has 186 valence electrons. The van der Waals surface area contributed by atoms with E-state index in [1.165, 1.54) is 35.5 Å². The maximum Gasteiger partial charge on any atom is 0.253 e. The highest BCUT2D eigenvalue weighted by atomic mass is 19.1. The molecule has 2 amide bonds. The van der Waals surface area contributed by atoms with Crippen molar-refractivity contribution < 1.29 is 14.0 Å². The quantitative estimate of drug-likeness (QED) is 0.541. The van der Waals surface area contributed by atoms with Gasteiger partial charge in [0.15, 0.2) is 0 Å². The summed E-state index contributed by atoms with van der Waals surface area (Å²) in [4.78, 5) is 33.1. The number of amides is 2. The molecule has 0 saturated carbocycles. The number of halogens is 1. The van der Waals surface area contributed by atoms with E-state index in [-0.39, 0.29) is 29.5 Å². The van der Waals surface area contributed by atoms with E-state index in [2.05, 4.69) is 54.3 Å². The van der Waals surface area contributed by atoms with Crippen LogP contribution in [0.25, 0.3) is 0 Å². The lowest BCUT2D eigenvalue weighted by Gasteiger charge is -2.38. The summed E-state index contributed by atoms with van der Waals surface area (Å²) in [5, 5.41) is 0. The summed E-state index contributed by atoms with van der Waals surface area (Å²) in [5.41, 5.74) is 5.14. The van der Waals surface area contributed by atoms with Crippen LogP contribution in [-0.4, -0.2) is 60.9 Å². The van der Waals surface area contributed by atoms with Crippen molar-refractivity contribution in [2.24, 2.45) is 5.92 Å². The van der Waals surface area contributed by atoms with Crippen molar-refractivity contribution in [2.45, 2.75) is 19.8 Å². The number of nitrogens with zero attached hydrogens (tertiary/aromatic N) is 3. The highest BCUT2D eigenvalue weighted by Crippen LogP contribution is 2.35. The number of hydrogen-bond donors (Lipinski definition) is 0. The predicted molar refractivity (Wildman–Crippen MR) is 140 cm³/mol. The summed E-state index contributed by atoms with van der Waals surface area (Å²) < 4.78 is 13.4. The van der Waals surface area contributed by atoms with Gasteiger partial charge in [-0.15, -0.1) is 0 Å². The van der Waals surface area contributed by atoms with E-state index in [0.717, 1.165) is 24.2 Å². The van der Waals surface area contributed by atoms with Crippen molar-refractivity contribution in [3.05, 3.63) is 101 Å². The first-order valence-electron chi connectivity index (χ1n) is 12.6. The van der Waals surface area contributed by atoms with Crippen molar-refractivity contribution in [2.75, 3.05) is 44.2 Å². The summed E-state index contributed by atoms with van der Waals surface area (Å²) in [5.74, 6) is -0.798. The zero-order valence-corrected chi connectivity index (χ0v) is 20.9. The molecule has 2 fully saturated rings. The first-order valence-corrected chi connectivity index (χ1v) is 12.6. The number of rotatable bonds is 4. The fourth-order valence-corrected chi connectivity index (χ4v) is 5.47. The van der Waals surface area contributed by atoms with Crippen LogP contribution < -0.4 is 4.90 Å². The van der Waals surface area contributed by atoms with Crippen LogP contribution in [-0.2, 0) is 4.79 Å². The Labute approximate surface area is 212 Å². The van der Waals surface area contributed by atoms with Crippen LogP contribution in [0, 0.1) is 25.6 Å². The Hall–Kier alpha value is -3.67. The summed E-state index contributed by atoms with van der Waals surface area (Å²) >= 11 is 0. The third-order valence-electron chi connectivity index (χ3n) is 7.57. The molecule has 2 heterocycles. The molecule has 0 aliphatic carbocycles. The number of benzene rings is 3. The average molecular weight is 486 g/mol. The maximum absolute atomic E-state index is 13.8. The van der Waals surface area contributed by atoms with Gasteiger partial charge in [-0.2, -0.15) is 0 Å². The second-order valence-corrected chi connectivity index (χ2v) is 9.94. The van der Waals surface area contributed by atoms with Crippen LogP contribution in [0.2, 0.25) is 0 Å². The summed E-state index contributed by atoms with van der Waals surface area (Å²) in [6.45, 7) is 7.90. The molecular formula is C30H32FN3O2. The van der Waals surface area contributed by atoms with E-state index in [9.17, 15) is 14.0 Å². The third-order valence-corrected chi connectivity index (χ3v) is 7.57. The Morgan fingerprint density at radius 1 is 0.778 bits per heavy atom. The zero-order chi connectivity index (χ0) is 25.2. The first-order chi connectivity index (χ1) is 17.4. The maximum atomic E-state index is 13.8. The lowest BCUT2D eigenvalue weighted by Crippen LogP contribution is -2.51. The monoisotopic (exact) mass is 485 g/mol. The van der Waals surface area contributed by atoms with Gasteiger partial charge in [0.1, 0.15) is 5.82 Å². The van der Waals surface area contributed by atoms with Crippen molar-refractivity contribution in [3.63, 3.8) is 0 Å². The van der Waals surface area contributed by atoms with Crippen LogP contribution in [0.5, 0.6) is 0 Å². The van der Waals surface area contributed by atoms with Gasteiger partial charge in [-0.05, 0) is 55.3 Å². The molecule has 5 nitrogen and oxygen atoms in total. The molecule has 0 N–H and O–H groups in total. The van der Waals surface area contributed by atoms with E-state index >= 15 is 0 Å². The number of para-hydroxylation sites is 1. The Morgan fingerprint density at radius 3 is 2.11 bits per heavy atom. The molecule has 0 aromatic heterocycles. The van der Waals surface area contributed by atoms with Crippen molar-refractivity contribution in [1.82, 2.24) is 9.80 Å². The van der Waals surface area contributed by atoms with Gasteiger partial charge < -0.3 is 14.7 Å². The molecular weight excluding hydrogens is 453 g/mol. The van der Waals surface area contributed by atoms with Crippen molar-refractivity contribution in [3.8, 4) is 0 Å². The highest BCUT2D eigenvalue weighted by Gasteiger charge is 2.42. The van der Waals surface area contributed by atoms with Gasteiger partial charge in [-0.25, -0.2) is 4.39 Å². The predicted octanol–water partition coefficient (Wildman–Crippen LogP) is 4.65. The van der Waals surface area contributed by atoms with E-state index in [1.807, 2.05) is 17.9 Å². The summed E-state index contributed by atoms with van der Waals surface area (Å²) in [6, 6.07) is 22.2. The Bertz CT molecular complexity index is 1230. The molecule has 36 heavy (non-hydrogen) atoms. The number of carbonyl (C=O) groups is 2. The summed E-state index contributed by atoms with van der Waals surface area (Å²) in [6.07, 6.45) is 0. The van der Waals surface area contributed by atoms with Crippen LogP contribution in [0.4, 0.5) is 10.1 Å². The van der Waals surface area contributed by atoms with Crippen LogP contribution in [0.15, 0.2) is 72.8 Å². The molecule has 5 rings (SSSR count). The minimum absolute atomic E-state index is 0.0723. The lowest BCUT2D eigenvalue weighted by molar-refractivity contribution is -0.135. The second-order valence-electron chi connectivity index (χ2n) is 9.94. The minimum atomic E-state index is -0.372. The smallest absolute Gasteiger partial charge is 0.253 e. The topological polar surface area (TPSA) is 43.9 Å². The first kappa shape index (κ1) is 24.0. The fraction of sp³-hybridized carbons (Fsp3) is 0.333. The third kappa shape index (κ3) is 4.85. The lowest BCUT2D eigenvalue weighted by atomic mass is 9.87. The fourth-order valence-electron chi connectivity index (χ4n) is 5.47. The number of hydrogen-bond acceptors (Lipinski definition) is 3. The van der Waals surface area contributed by atoms with E-state index < -0.39 is 0 Å². The number of likely N-dealkylation sites (tertiary alicyclic amines) is 1. The number of piperazine rings is 1. The second kappa shape index (κ2) is 10.1. The largest absolute Gasteiger partial charge is 0.368 e. The SMILES string of the molecule is Cc1ccc([C@@H]2CN(C(=O)c3ccc(F)cc3)C[C@@H]2C(=O)N2CCN(c3ccccc3C)CC2)cc1. The molecule has 2 aliphatic heterocycles. The Kier molecular flexibility index (Phi) is 6.77. The van der Waals surface area contributed by atoms with Crippen LogP contribution >= 0.6 is 0 Å². The average Bonchev–Trinajstić information content (AvgIpc) is 3.35. The van der Waals surface area contributed by atoms with E-state index in [4.69, 9.17) is 0 Å². The van der Waals surface area contributed by atoms with Gasteiger partial charge in [0.05, 0.1) is 5.92 Å². The Morgan fingerprint density at radius 2 is 1.44 bits per heavy atom. The molecule has 0 bridgehead atoms. The number of anilines is 1. The van der Waals surface area contributed by atoms with Gasteiger partial charge in [0.2, 0.25) is 5.91 Å². The molecule has 0 unspecified atom stereocenters. The standard InChI is InChI=1S/C30H32FN3O2/c1-21-7-9-23(10-8-21)26-19-34(29(35)24-11-13-25(31)14-12-24)20-27(26)30(36)33-17-15-32(16-18-33)28-6-4-3-5-22(28)2/h3-14,26-27H,15-20H2,1-2H3/t26-,27-/m0/s1. The number of aryl methyl sites for hydroxylation is 2. The minimum Gasteiger partial charge on any atom is -0.368 e. The molecule has 2 atom stereocenters.